The average molecular weight is 440 g/mol. The van der Waals surface area contributed by atoms with Crippen molar-refractivity contribution in [1.82, 2.24) is 4.57 Å². The Labute approximate surface area is 182 Å². The van der Waals surface area contributed by atoms with Crippen molar-refractivity contribution in [3.63, 3.8) is 0 Å². The number of carbonyl (C=O) groups is 1. The van der Waals surface area contributed by atoms with E-state index in [0.29, 0.717) is 34.5 Å². The van der Waals surface area contributed by atoms with Crippen LogP contribution in [0.2, 0.25) is 0 Å². The summed E-state index contributed by atoms with van der Waals surface area (Å²) in [6.45, 7) is 0.119. The summed E-state index contributed by atoms with van der Waals surface area (Å²) in [5.74, 6) is 2.54. The summed E-state index contributed by atoms with van der Waals surface area (Å²) in [6, 6.07) is 10.9. The molecule has 3 aromatic rings. The molecule has 1 atom stereocenters. The van der Waals surface area contributed by atoms with Crippen molar-refractivity contribution in [2.24, 2.45) is 7.05 Å². The summed E-state index contributed by atoms with van der Waals surface area (Å²) < 4.78 is 23.3. The van der Waals surface area contributed by atoms with Crippen molar-refractivity contribution in [3.8, 4) is 23.0 Å². The zero-order valence-electron chi connectivity index (χ0n) is 17.2. The van der Waals surface area contributed by atoms with Gasteiger partial charge in [0.2, 0.25) is 18.4 Å². The molecule has 8 nitrogen and oxygen atoms in total. The Bertz CT molecular complexity index is 1230. The number of nitrogens with zero attached hydrogens (tertiary/aromatic N) is 2. The second-order valence-corrected chi connectivity index (χ2v) is 8.25. The molecule has 0 spiro atoms. The zero-order valence-corrected chi connectivity index (χ0v) is 18.0. The predicted molar refractivity (Wildman–Crippen MR) is 115 cm³/mol. The minimum absolute atomic E-state index is 0.104. The van der Waals surface area contributed by atoms with E-state index in [1.165, 1.54) is 4.57 Å². The van der Waals surface area contributed by atoms with Crippen molar-refractivity contribution >= 4 is 28.7 Å². The van der Waals surface area contributed by atoms with Crippen molar-refractivity contribution < 1.29 is 23.7 Å². The Hall–Kier alpha value is -3.46. The van der Waals surface area contributed by atoms with Crippen LogP contribution in [0.25, 0.3) is 0 Å². The van der Waals surface area contributed by atoms with Crippen LogP contribution in [0, 0.1) is 0 Å². The highest BCUT2D eigenvalue weighted by Crippen LogP contribution is 2.49. The molecular weight excluding hydrogens is 420 g/mol. The SMILES string of the molecule is COc1ccc(N2C(=O)CC(c3cc(OC)c4c(c3)OCO4)c3sc(=O)n(C)c32)cc1. The quantitative estimate of drug-likeness (QED) is 0.619. The summed E-state index contributed by atoms with van der Waals surface area (Å²) in [7, 11) is 4.83. The lowest BCUT2D eigenvalue weighted by Crippen LogP contribution is -2.34. The van der Waals surface area contributed by atoms with Gasteiger partial charge in [0.1, 0.15) is 11.6 Å². The number of carbonyl (C=O) groups excluding carboxylic acids is 1. The summed E-state index contributed by atoms with van der Waals surface area (Å²) in [4.78, 5) is 28.3. The van der Waals surface area contributed by atoms with Gasteiger partial charge in [-0.15, -0.1) is 0 Å². The van der Waals surface area contributed by atoms with E-state index in [2.05, 4.69) is 0 Å². The number of aromatic nitrogens is 1. The molecule has 31 heavy (non-hydrogen) atoms. The number of hydrogen-bond donors (Lipinski definition) is 0. The third kappa shape index (κ3) is 3.04. The van der Waals surface area contributed by atoms with Gasteiger partial charge in [-0.05, 0) is 42.0 Å². The number of rotatable bonds is 4. The predicted octanol–water partition coefficient (Wildman–Crippen LogP) is 3.39. The van der Waals surface area contributed by atoms with Gasteiger partial charge in [-0.3, -0.25) is 19.1 Å². The molecule has 2 aliphatic heterocycles. The highest BCUT2D eigenvalue weighted by Gasteiger charge is 2.38. The first-order valence-corrected chi connectivity index (χ1v) is 10.5. The maximum atomic E-state index is 13.3. The Morgan fingerprint density at radius 3 is 2.55 bits per heavy atom. The number of anilines is 2. The number of thiazole rings is 1. The van der Waals surface area contributed by atoms with E-state index >= 15 is 0 Å². The Morgan fingerprint density at radius 1 is 1.06 bits per heavy atom. The maximum absolute atomic E-state index is 13.3. The maximum Gasteiger partial charge on any atom is 0.308 e. The van der Waals surface area contributed by atoms with E-state index in [0.717, 1.165) is 21.8 Å². The molecule has 0 fully saturated rings. The summed E-state index contributed by atoms with van der Waals surface area (Å²) in [5.41, 5.74) is 1.52. The van der Waals surface area contributed by atoms with Gasteiger partial charge in [0.25, 0.3) is 0 Å². The van der Waals surface area contributed by atoms with Crippen LogP contribution in [-0.2, 0) is 11.8 Å². The number of hydrogen-bond acceptors (Lipinski definition) is 7. The molecule has 0 aliphatic carbocycles. The second kappa shape index (κ2) is 7.35. The average Bonchev–Trinajstić information content (AvgIpc) is 3.38. The van der Waals surface area contributed by atoms with Crippen molar-refractivity contribution in [2.45, 2.75) is 12.3 Å². The molecule has 1 amide bonds. The monoisotopic (exact) mass is 440 g/mol. The molecule has 3 heterocycles. The molecule has 0 saturated heterocycles. The Kier molecular flexibility index (Phi) is 4.62. The topological polar surface area (TPSA) is 79.2 Å². The molecule has 160 valence electrons. The molecule has 1 aromatic heterocycles. The number of ether oxygens (including phenoxy) is 4. The first-order chi connectivity index (χ1) is 15.0. The van der Waals surface area contributed by atoms with Gasteiger partial charge in [-0.25, -0.2) is 0 Å². The van der Waals surface area contributed by atoms with Crippen molar-refractivity contribution in [2.75, 3.05) is 25.9 Å². The molecule has 0 radical (unpaired) electrons. The van der Waals surface area contributed by atoms with Crippen LogP contribution >= 0.6 is 11.3 Å². The molecule has 0 N–H and O–H groups in total. The van der Waals surface area contributed by atoms with Gasteiger partial charge in [0.15, 0.2) is 11.5 Å². The lowest BCUT2D eigenvalue weighted by Gasteiger charge is -2.32. The lowest BCUT2D eigenvalue weighted by molar-refractivity contribution is -0.118. The molecule has 2 aromatic carbocycles. The number of fused-ring (bicyclic) bond motifs is 2. The van der Waals surface area contributed by atoms with Gasteiger partial charge in [-0.2, -0.15) is 0 Å². The molecule has 0 saturated carbocycles. The summed E-state index contributed by atoms with van der Waals surface area (Å²) in [5, 5.41) is 0. The molecular formula is C22H20N2O6S. The normalized spacial score (nSPS) is 16.9. The fraction of sp³-hybridized carbons (Fsp3) is 0.273. The lowest BCUT2D eigenvalue weighted by atomic mass is 9.90. The number of benzene rings is 2. The fourth-order valence-corrected chi connectivity index (χ4v) is 5.13. The number of methoxy groups -OCH3 is 2. The van der Waals surface area contributed by atoms with Gasteiger partial charge in [-0.1, -0.05) is 11.3 Å². The van der Waals surface area contributed by atoms with Crippen LogP contribution in [0.5, 0.6) is 23.0 Å². The summed E-state index contributed by atoms with van der Waals surface area (Å²) in [6.07, 6.45) is 0.210. The van der Waals surface area contributed by atoms with Crippen LogP contribution in [0.15, 0.2) is 41.2 Å². The van der Waals surface area contributed by atoms with Crippen LogP contribution in [-0.4, -0.2) is 31.5 Å². The van der Waals surface area contributed by atoms with E-state index in [-0.39, 0.29) is 29.9 Å². The third-order valence-corrected chi connectivity index (χ3v) is 6.71. The molecule has 5 rings (SSSR count). The number of amides is 1. The second-order valence-electron chi connectivity index (χ2n) is 7.26. The largest absolute Gasteiger partial charge is 0.497 e. The van der Waals surface area contributed by atoms with Crippen LogP contribution in [0.3, 0.4) is 0 Å². The van der Waals surface area contributed by atoms with Gasteiger partial charge < -0.3 is 18.9 Å². The first-order valence-electron chi connectivity index (χ1n) is 9.66. The van der Waals surface area contributed by atoms with E-state index in [1.54, 1.807) is 38.3 Å². The third-order valence-electron chi connectivity index (χ3n) is 5.58. The van der Waals surface area contributed by atoms with E-state index in [1.807, 2.05) is 24.3 Å². The molecule has 1 unspecified atom stereocenters. The molecule has 0 bridgehead atoms. The zero-order chi connectivity index (χ0) is 21.7. The smallest absolute Gasteiger partial charge is 0.308 e. The van der Waals surface area contributed by atoms with Crippen LogP contribution in [0.4, 0.5) is 11.5 Å². The Balaban J connectivity index is 1.64. The Morgan fingerprint density at radius 2 is 1.84 bits per heavy atom. The minimum atomic E-state index is -0.292. The molecule has 9 heteroatoms. The first kappa shape index (κ1) is 19.5. The van der Waals surface area contributed by atoms with Crippen molar-refractivity contribution in [3.05, 3.63) is 56.5 Å². The van der Waals surface area contributed by atoms with Gasteiger partial charge in [0.05, 0.1) is 24.8 Å². The van der Waals surface area contributed by atoms with Gasteiger partial charge >= 0.3 is 4.87 Å². The highest BCUT2D eigenvalue weighted by molar-refractivity contribution is 7.10. The highest BCUT2D eigenvalue weighted by atomic mass is 32.1. The van der Waals surface area contributed by atoms with Crippen molar-refractivity contribution in [1.29, 1.82) is 0 Å². The van der Waals surface area contributed by atoms with Gasteiger partial charge in [0, 0.05) is 19.4 Å². The van der Waals surface area contributed by atoms with E-state index in [9.17, 15) is 9.59 Å². The van der Waals surface area contributed by atoms with Crippen LogP contribution in [0.1, 0.15) is 22.8 Å². The minimum Gasteiger partial charge on any atom is -0.497 e. The standard InChI is InChI=1S/C22H20N2O6S/c1-23-21-20(31-22(23)26)15(12-8-16(28-3)19-17(9-12)29-11-30-19)10-18(25)24(21)13-4-6-14(27-2)7-5-13/h4-9,15H,10-11H2,1-3H3. The van der Waals surface area contributed by atoms with E-state index < -0.39 is 0 Å². The molecule has 2 aliphatic rings. The fourth-order valence-electron chi connectivity index (χ4n) is 4.04. The van der Waals surface area contributed by atoms with Crippen LogP contribution < -0.4 is 28.7 Å². The summed E-state index contributed by atoms with van der Waals surface area (Å²) >= 11 is 1.15. The van der Waals surface area contributed by atoms with E-state index in [4.69, 9.17) is 18.9 Å².